The molecule has 1 rings (SSSR count). The van der Waals surface area contributed by atoms with Crippen LogP contribution < -0.4 is 5.32 Å². The van der Waals surface area contributed by atoms with Gasteiger partial charge in [-0.25, -0.2) is 4.98 Å². The van der Waals surface area contributed by atoms with E-state index in [9.17, 15) is 14.7 Å². The van der Waals surface area contributed by atoms with Gasteiger partial charge in [0.2, 0.25) is 0 Å². The molecule has 1 amide bonds. The summed E-state index contributed by atoms with van der Waals surface area (Å²) in [6, 6.07) is 1.34. The van der Waals surface area contributed by atoms with Gasteiger partial charge in [-0.1, -0.05) is 0 Å². The topological polar surface area (TPSA) is 88.5 Å². The van der Waals surface area contributed by atoms with Crippen LogP contribution in [0.5, 0.6) is 5.75 Å². The first kappa shape index (κ1) is 13.4. The second kappa shape index (κ2) is 6.19. The van der Waals surface area contributed by atoms with Crippen LogP contribution in [0.25, 0.3) is 0 Å². The summed E-state index contributed by atoms with van der Waals surface area (Å²) in [4.78, 5) is 26.3. The van der Waals surface area contributed by atoms with Gasteiger partial charge in [-0.2, -0.15) is 0 Å². The molecule has 0 saturated carbocycles. The van der Waals surface area contributed by atoms with Gasteiger partial charge in [0.15, 0.2) is 5.69 Å². The third kappa shape index (κ3) is 4.03. The summed E-state index contributed by atoms with van der Waals surface area (Å²) in [6.07, 6.45) is 1.37. The van der Waals surface area contributed by atoms with Gasteiger partial charge in [0.05, 0.1) is 6.61 Å². The van der Waals surface area contributed by atoms with E-state index >= 15 is 0 Å². The second-order valence-electron chi connectivity index (χ2n) is 3.01. The Morgan fingerprint density at radius 3 is 2.88 bits per heavy atom. The van der Waals surface area contributed by atoms with Crippen molar-refractivity contribution in [1.29, 1.82) is 0 Å². The van der Waals surface area contributed by atoms with Crippen molar-refractivity contribution in [3.63, 3.8) is 0 Å². The number of carbonyl (C=O) groups is 2. The fourth-order valence-electron chi connectivity index (χ4n) is 1.05. The number of carbonyl (C=O) groups excluding carboxylic acids is 2. The van der Waals surface area contributed by atoms with Crippen LogP contribution in [0, 0.1) is 0 Å². The molecule has 0 fully saturated rings. The van der Waals surface area contributed by atoms with Crippen molar-refractivity contribution in [3.05, 3.63) is 22.4 Å². The summed E-state index contributed by atoms with van der Waals surface area (Å²) in [5.41, 5.74) is -0.141. The number of nitrogens with one attached hydrogen (secondary N) is 1. The van der Waals surface area contributed by atoms with E-state index in [-0.39, 0.29) is 24.6 Å². The molecule has 0 aliphatic heterocycles. The lowest BCUT2D eigenvalue weighted by Gasteiger charge is -2.05. The van der Waals surface area contributed by atoms with Crippen molar-refractivity contribution in [2.24, 2.45) is 0 Å². The zero-order valence-electron chi connectivity index (χ0n) is 9.07. The molecule has 6 nitrogen and oxygen atoms in total. The van der Waals surface area contributed by atoms with E-state index in [4.69, 9.17) is 0 Å². The SMILES string of the molecule is CCOC(=O)CNC(=O)c1ncc(Br)cc1O. The Morgan fingerprint density at radius 1 is 1.59 bits per heavy atom. The summed E-state index contributed by atoms with van der Waals surface area (Å²) in [6.45, 7) is 1.65. The highest BCUT2D eigenvalue weighted by molar-refractivity contribution is 9.10. The van der Waals surface area contributed by atoms with Gasteiger partial charge >= 0.3 is 5.97 Å². The van der Waals surface area contributed by atoms with Gasteiger partial charge in [-0.15, -0.1) is 0 Å². The monoisotopic (exact) mass is 302 g/mol. The van der Waals surface area contributed by atoms with E-state index < -0.39 is 11.9 Å². The number of halogens is 1. The number of esters is 1. The highest BCUT2D eigenvalue weighted by Crippen LogP contribution is 2.19. The van der Waals surface area contributed by atoms with Crippen LogP contribution in [0.2, 0.25) is 0 Å². The van der Waals surface area contributed by atoms with Crippen LogP contribution in [0.15, 0.2) is 16.7 Å². The lowest BCUT2D eigenvalue weighted by molar-refractivity contribution is -0.141. The Kier molecular flexibility index (Phi) is 4.89. The van der Waals surface area contributed by atoms with Crippen LogP contribution in [-0.2, 0) is 9.53 Å². The highest BCUT2D eigenvalue weighted by Gasteiger charge is 2.14. The van der Waals surface area contributed by atoms with Gasteiger partial charge in [-0.05, 0) is 28.9 Å². The molecule has 0 aromatic carbocycles. The Hall–Kier alpha value is -1.63. The molecular weight excluding hydrogens is 292 g/mol. The standard InChI is InChI=1S/C10H11BrN2O4/c1-2-17-8(15)5-13-10(16)9-7(14)3-6(11)4-12-9/h3-4,14H,2,5H2,1H3,(H,13,16). The minimum atomic E-state index is -0.636. The molecule has 2 N–H and O–H groups in total. The zero-order valence-corrected chi connectivity index (χ0v) is 10.7. The molecule has 0 aliphatic rings. The van der Waals surface area contributed by atoms with Gasteiger partial charge < -0.3 is 15.2 Å². The molecule has 0 bridgehead atoms. The second-order valence-corrected chi connectivity index (χ2v) is 3.92. The zero-order chi connectivity index (χ0) is 12.8. The number of nitrogens with zero attached hydrogens (tertiary/aromatic N) is 1. The molecule has 0 atom stereocenters. The fourth-order valence-corrected chi connectivity index (χ4v) is 1.37. The smallest absolute Gasteiger partial charge is 0.325 e. The number of amides is 1. The Bertz CT molecular complexity index is 436. The molecule has 92 valence electrons. The third-order valence-corrected chi connectivity index (χ3v) is 2.18. The Labute approximate surface area is 106 Å². The molecule has 0 unspecified atom stereocenters. The third-order valence-electron chi connectivity index (χ3n) is 1.75. The molecule has 0 saturated heterocycles. The van der Waals surface area contributed by atoms with Gasteiger partial charge in [0.1, 0.15) is 12.3 Å². The van der Waals surface area contributed by atoms with Crippen LogP contribution in [0.3, 0.4) is 0 Å². The maximum Gasteiger partial charge on any atom is 0.325 e. The summed E-state index contributed by atoms with van der Waals surface area (Å²) < 4.78 is 5.19. The van der Waals surface area contributed by atoms with E-state index in [2.05, 4.69) is 31.0 Å². The van der Waals surface area contributed by atoms with E-state index in [0.29, 0.717) is 4.47 Å². The number of aromatic hydroxyl groups is 1. The maximum atomic E-state index is 11.5. The number of aromatic nitrogens is 1. The van der Waals surface area contributed by atoms with Gasteiger partial charge in [0.25, 0.3) is 5.91 Å². The summed E-state index contributed by atoms with van der Waals surface area (Å²) in [5, 5.41) is 11.8. The molecular formula is C10H11BrN2O4. The molecule has 1 heterocycles. The van der Waals surface area contributed by atoms with E-state index in [1.807, 2.05) is 0 Å². The minimum Gasteiger partial charge on any atom is -0.505 e. The average molecular weight is 303 g/mol. The van der Waals surface area contributed by atoms with Crippen molar-refractivity contribution in [2.45, 2.75) is 6.92 Å². The Balaban J connectivity index is 2.61. The van der Waals surface area contributed by atoms with Gasteiger partial charge in [-0.3, -0.25) is 9.59 Å². The number of hydrogen-bond acceptors (Lipinski definition) is 5. The lowest BCUT2D eigenvalue weighted by atomic mass is 10.3. The van der Waals surface area contributed by atoms with Crippen molar-refractivity contribution in [3.8, 4) is 5.75 Å². The number of hydrogen-bond donors (Lipinski definition) is 2. The molecule has 0 spiro atoms. The van der Waals surface area contributed by atoms with Crippen LogP contribution in [0.1, 0.15) is 17.4 Å². The number of rotatable bonds is 4. The minimum absolute atomic E-state index is 0.141. The van der Waals surface area contributed by atoms with E-state index in [1.165, 1.54) is 12.3 Å². The first-order valence-electron chi connectivity index (χ1n) is 4.83. The van der Waals surface area contributed by atoms with Crippen LogP contribution in [-0.4, -0.2) is 35.1 Å². The largest absolute Gasteiger partial charge is 0.505 e. The molecule has 1 aromatic heterocycles. The fraction of sp³-hybridized carbons (Fsp3) is 0.300. The first-order valence-corrected chi connectivity index (χ1v) is 5.62. The van der Waals surface area contributed by atoms with Crippen molar-refractivity contribution in [2.75, 3.05) is 13.2 Å². The van der Waals surface area contributed by atoms with Crippen molar-refractivity contribution >= 4 is 27.8 Å². The highest BCUT2D eigenvalue weighted by atomic mass is 79.9. The Morgan fingerprint density at radius 2 is 2.29 bits per heavy atom. The van der Waals surface area contributed by atoms with Crippen LogP contribution >= 0.6 is 15.9 Å². The molecule has 7 heteroatoms. The summed E-state index contributed by atoms with van der Waals surface area (Å²) in [5.74, 6) is -1.44. The first-order chi connectivity index (χ1) is 8.04. The molecule has 17 heavy (non-hydrogen) atoms. The van der Waals surface area contributed by atoms with Crippen LogP contribution in [0.4, 0.5) is 0 Å². The normalized spacial score (nSPS) is 9.76. The van der Waals surface area contributed by atoms with E-state index in [1.54, 1.807) is 6.92 Å². The lowest BCUT2D eigenvalue weighted by Crippen LogP contribution is -2.31. The van der Waals surface area contributed by atoms with Gasteiger partial charge in [0, 0.05) is 10.7 Å². The van der Waals surface area contributed by atoms with Crippen molar-refractivity contribution < 1.29 is 19.4 Å². The average Bonchev–Trinajstić information content (AvgIpc) is 2.26. The van der Waals surface area contributed by atoms with E-state index in [0.717, 1.165) is 0 Å². The predicted octanol–water partition coefficient (Wildman–Crippen LogP) is 0.843. The summed E-state index contributed by atoms with van der Waals surface area (Å²) >= 11 is 3.10. The van der Waals surface area contributed by atoms with Crippen molar-refractivity contribution in [1.82, 2.24) is 10.3 Å². The predicted molar refractivity (Wildman–Crippen MR) is 62.6 cm³/mol. The molecule has 0 radical (unpaired) electrons. The summed E-state index contributed by atoms with van der Waals surface area (Å²) in [7, 11) is 0. The number of pyridine rings is 1. The molecule has 1 aromatic rings. The quantitative estimate of drug-likeness (QED) is 0.805. The maximum absolute atomic E-state index is 11.5. The molecule has 0 aliphatic carbocycles. The number of ether oxygens (including phenoxy) is 1.